The van der Waals surface area contributed by atoms with Crippen molar-refractivity contribution in [2.45, 2.75) is 19.4 Å². The molecule has 3 rings (SSSR count). The summed E-state index contributed by atoms with van der Waals surface area (Å²) >= 11 is 0. The molecule has 0 saturated heterocycles. The van der Waals surface area contributed by atoms with E-state index in [1.807, 2.05) is 31.2 Å². The van der Waals surface area contributed by atoms with Gasteiger partial charge >= 0.3 is 11.9 Å². The van der Waals surface area contributed by atoms with Gasteiger partial charge in [-0.15, -0.1) is 0 Å². The van der Waals surface area contributed by atoms with Gasteiger partial charge in [-0.2, -0.15) is 0 Å². The smallest absolute Gasteiger partial charge is 0.359 e. The van der Waals surface area contributed by atoms with E-state index in [0.717, 1.165) is 11.1 Å². The first-order valence-corrected chi connectivity index (χ1v) is 9.02. The second kappa shape index (κ2) is 8.13. The lowest BCUT2D eigenvalue weighted by molar-refractivity contribution is -0.165. The molecule has 0 spiro atoms. The highest BCUT2D eigenvalue weighted by atomic mass is 16.6. The van der Waals surface area contributed by atoms with Gasteiger partial charge < -0.3 is 14.2 Å². The van der Waals surface area contributed by atoms with Crippen molar-refractivity contribution in [2.75, 3.05) is 13.7 Å². The highest BCUT2D eigenvalue weighted by Gasteiger charge is 2.50. The summed E-state index contributed by atoms with van der Waals surface area (Å²) in [5.74, 6) is -0.548. The van der Waals surface area contributed by atoms with Gasteiger partial charge in [0, 0.05) is 11.6 Å². The van der Waals surface area contributed by atoms with Crippen molar-refractivity contribution in [3.05, 3.63) is 77.4 Å². The first-order chi connectivity index (χ1) is 13.5. The van der Waals surface area contributed by atoms with Crippen LogP contribution in [-0.4, -0.2) is 31.3 Å². The molecule has 1 atom stereocenters. The van der Waals surface area contributed by atoms with Gasteiger partial charge in [0.15, 0.2) is 0 Å². The lowest BCUT2D eigenvalue weighted by Crippen LogP contribution is -2.40. The van der Waals surface area contributed by atoms with Crippen molar-refractivity contribution in [1.29, 1.82) is 0 Å². The molecule has 5 heteroatoms. The molecule has 1 aliphatic heterocycles. The number of hydrogen-bond acceptors (Lipinski definition) is 5. The molecule has 28 heavy (non-hydrogen) atoms. The molecule has 0 amide bonds. The van der Waals surface area contributed by atoms with E-state index in [1.165, 1.54) is 6.08 Å². The zero-order chi connectivity index (χ0) is 20.1. The van der Waals surface area contributed by atoms with Crippen LogP contribution in [-0.2, 0) is 19.1 Å². The number of rotatable bonds is 6. The van der Waals surface area contributed by atoms with Gasteiger partial charge in [0.2, 0.25) is 0 Å². The fraction of sp³-hybridized carbons (Fsp3) is 0.217. The van der Waals surface area contributed by atoms with E-state index in [2.05, 4.69) is 0 Å². The lowest BCUT2D eigenvalue weighted by Gasteiger charge is -2.26. The first kappa shape index (κ1) is 19.4. The van der Waals surface area contributed by atoms with Gasteiger partial charge in [0.1, 0.15) is 5.75 Å². The summed E-state index contributed by atoms with van der Waals surface area (Å²) < 4.78 is 16.0. The Morgan fingerprint density at radius 1 is 1.14 bits per heavy atom. The van der Waals surface area contributed by atoms with Crippen LogP contribution in [0, 0.1) is 6.92 Å². The molecule has 0 fully saturated rings. The van der Waals surface area contributed by atoms with Crippen LogP contribution in [0.4, 0.5) is 0 Å². The minimum absolute atomic E-state index is 0.173. The Bertz CT molecular complexity index is 940. The predicted molar refractivity (Wildman–Crippen MR) is 107 cm³/mol. The summed E-state index contributed by atoms with van der Waals surface area (Å²) in [6, 6.07) is 14.8. The monoisotopic (exact) mass is 378 g/mol. The topological polar surface area (TPSA) is 61.8 Å². The third kappa shape index (κ3) is 3.69. The van der Waals surface area contributed by atoms with Gasteiger partial charge in [-0.25, -0.2) is 9.59 Å². The number of cyclic esters (lactones) is 1. The van der Waals surface area contributed by atoms with Crippen molar-refractivity contribution in [1.82, 2.24) is 0 Å². The quantitative estimate of drug-likeness (QED) is 0.712. The molecule has 144 valence electrons. The van der Waals surface area contributed by atoms with Crippen LogP contribution in [0.1, 0.15) is 23.6 Å². The Balaban J connectivity index is 2.09. The average molecular weight is 378 g/mol. The largest absolute Gasteiger partial charge is 0.497 e. The lowest BCUT2D eigenvalue weighted by atomic mass is 9.87. The van der Waals surface area contributed by atoms with Crippen molar-refractivity contribution in [2.24, 2.45) is 0 Å². The SMILES string of the molecule is CCOC(=O)C1(/C=C/c2ccccc2C)OC(=O)C=C1c1ccc(OC)cc1. The fourth-order valence-electron chi connectivity index (χ4n) is 3.10. The standard InChI is InChI=1S/C23H22O5/c1-4-27-22(25)23(14-13-17-8-6-5-7-16(17)2)20(15-21(24)28-23)18-9-11-19(26-3)12-10-18/h5-15H,4H2,1-3H3/b14-13+. The third-order valence-corrected chi connectivity index (χ3v) is 4.59. The highest BCUT2D eigenvalue weighted by molar-refractivity contribution is 6.11. The number of hydrogen-bond donors (Lipinski definition) is 0. The second-order valence-corrected chi connectivity index (χ2v) is 6.35. The van der Waals surface area contributed by atoms with E-state index in [4.69, 9.17) is 14.2 Å². The van der Waals surface area contributed by atoms with E-state index in [1.54, 1.807) is 50.5 Å². The van der Waals surface area contributed by atoms with E-state index in [9.17, 15) is 9.59 Å². The van der Waals surface area contributed by atoms with E-state index in [0.29, 0.717) is 16.9 Å². The number of benzene rings is 2. The molecule has 1 unspecified atom stereocenters. The summed E-state index contributed by atoms with van der Waals surface area (Å²) in [4.78, 5) is 25.1. The van der Waals surface area contributed by atoms with Crippen LogP contribution in [0.3, 0.4) is 0 Å². The predicted octanol–water partition coefficient (Wildman–Crippen LogP) is 3.96. The molecule has 2 aromatic rings. The summed E-state index contributed by atoms with van der Waals surface area (Å²) in [6.07, 6.45) is 4.71. The summed E-state index contributed by atoms with van der Waals surface area (Å²) in [7, 11) is 1.57. The molecule has 2 aromatic carbocycles. The Hall–Kier alpha value is -3.34. The van der Waals surface area contributed by atoms with Crippen LogP contribution in [0.25, 0.3) is 11.6 Å². The number of methoxy groups -OCH3 is 1. The molecule has 0 saturated carbocycles. The molecule has 5 nitrogen and oxygen atoms in total. The third-order valence-electron chi connectivity index (χ3n) is 4.59. The molecule has 0 N–H and O–H groups in total. The number of ether oxygens (including phenoxy) is 3. The molecule has 1 heterocycles. The average Bonchev–Trinajstić information content (AvgIpc) is 3.05. The molecule has 0 bridgehead atoms. The maximum Gasteiger partial charge on any atom is 0.359 e. The zero-order valence-corrected chi connectivity index (χ0v) is 16.1. The number of esters is 2. The molecular weight excluding hydrogens is 356 g/mol. The van der Waals surface area contributed by atoms with E-state index >= 15 is 0 Å². The molecular formula is C23H22O5. The number of aryl methyl sites for hydroxylation is 1. The van der Waals surface area contributed by atoms with Gasteiger partial charge in [-0.05, 0) is 48.7 Å². The van der Waals surface area contributed by atoms with Crippen molar-refractivity contribution < 1.29 is 23.8 Å². The van der Waals surface area contributed by atoms with Gasteiger partial charge in [0.25, 0.3) is 5.60 Å². The van der Waals surface area contributed by atoms with Crippen LogP contribution < -0.4 is 4.74 Å². The molecule has 0 radical (unpaired) electrons. The maximum atomic E-state index is 12.9. The van der Waals surface area contributed by atoms with Crippen molar-refractivity contribution in [3.63, 3.8) is 0 Å². The van der Waals surface area contributed by atoms with Crippen molar-refractivity contribution in [3.8, 4) is 5.75 Å². The zero-order valence-electron chi connectivity index (χ0n) is 16.1. The molecule has 0 aromatic heterocycles. The summed E-state index contributed by atoms with van der Waals surface area (Å²) in [5, 5.41) is 0. The Morgan fingerprint density at radius 3 is 2.50 bits per heavy atom. The van der Waals surface area contributed by atoms with E-state index in [-0.39, 0.29) is 6.61 Å². The molecule has 0 aliphatic carbocycles. The second-order valence-electron chi connectivity index (χ2n) is 6.35. The van der Waals surface area contributed by atoms with Gasteiger partial charge in [0.05, 0.1) is 13.7 Å². The van der Waals surface area contributed by atoms with Crippen LogP contribution >= 0.6 is 0 Å². The van der Waals surface area contributed by atoms with Gasteiger partial charge in [-0.3, -0.25) is 0 Å². The number of carbonyl (C=O) groups is 2. The van der Waals surface area contributed by atoms with Crippen LogP contribution in [0.2, 0.25) is 0 Å². The molecule has 1 aliphatic rings. The van der Waals surface area contributed by atoms with Crippen LogP contribution in [0.15, 0.2) is 60.7 Å². The highest BCUT2D eigenvalue weighted by Crippen LogP contribution is 2.39. The Kier molecular flexibility index (Phi) is 5.64. The Morgan fingerprint density at radius 2 is 1.86 bits per heavy atom. The summed E-state index contributed by atoms with van der Waals surface area (Å²) in [5.41, 5.74) is 1.43. The minimum atomic E-state index is -1.63. The maximum absolute atomic E-state index is 12.9. The summed E-state index contributed by atoms with van der Waals surface area (Å²) in [6.45, 7) is 3.86. The van der Waals surface area contributed by atoms with Gasteiger partial charge in [-0.1, -0.05) is 42.5 Å². The first-order valence-electron chi connectivity index (χ1n) is 9.02. The fourth-order valence-corrected chi connectivity index (χ4v) is 3.10. The minimum Gasteiger partial charge on any atom is -0.497 e. The Labute approximate surface area is 164 Å². The van der Waals surface area contributed by atoms with Crippen molar-refractivity contribution >= 4 is 23.6 Å². The van der Waals surface area contributed by atoms with Crippen LogP contribution in [0.5, 0.6) is 5.75 Å². The van der Waals surface area contributed by atoms with E-state index < -0.39 is 17.5 Å². The number of carbonyl (C=O) groups excluding carboxylic acids is 2. The normalized spacial score (nSPS) is 18.7.